The molecular formula is C26H37N3O4. The summed E-state index contributed by atoms with van der Waals surface area (Å²) in [5.74, 6) is 7.01. The highest BCUT2D eigenvalue weighted by Gasteiger charge is 2.17. The highest BCUT2D eigenvalue weighted by atomic mass is 16.3. The zero-order valence-corrected chi connectivity index (χ0v) is 20.3. The second-order valence-corrected chi connectivity index (χ2v) is 8.79. The first-order valence-corrected chi connectivity index (χ1v) is 11.5. The smallest absolute Gasteiger partial charge is 0.120 e. The minimum Gasteiger partial charge on any atom is -0.508 e. The number of aliphatic hydroxyl groups excluding tert-OH is 2. The Hall–Kier alpha value is -2.66. The molecule has 1 unspecified atom stereocenters. The molecule has 0 amide bonds. The van der Waals surface area contributed by atoms with Crippen LogP contribution in [0.4, 0.5) is 0 Å². The number of allylic oxidation sites excluding steroid dienone is 2. The van der Waals surface area contributed by atoms with E-state index in [0.717, 1.165) is 27.8 Å². The van der Waals surface area contributed by atoms with Crippen LogP contribution in [0.5, 0.6) is 5.75 Å². The lowest BCUT2D eigenvalue weighted by Crippen LogP contribution is -2.38. The fourth-order valence-electron chi connectivity index (χ4n) is 3.75. The molecule has 7 heteroatoms. The van der Waals surface area contributed by atoms with E-state index in [1.54, 1.807) is 12.1 Å². The zero-order chi connectivity index (χ0) is 24.4. The molecule has 1 aromatic carbocycles. The zero-order valence-electron chi connectivity index (χ0n) is 20.3. The van der Waals surface area contributed by atoms with E-state index in [-0.39, 0.29) is 30.6 Å². The van der Waals surface area contributed by atoms with Crippen molar-refractivity contribution in [3.8, 4) is 17.6 Å². The van der Waals surface area contributed by atoms with E-state index >= 15 is 0 Å². The molecule has 0 spiro atoms. The molecule has 1 atom stereocenters. The molecule has 3 N–H and O–H groups in total. The molecule has 33 heavy (non-hydrogen) atoms. The summed E-state index contributed by atoms with van der Waals surface area (Å²) >= 11 is 0. The first-order chi connectivity index (χ1) is 15.7. The van der Waals surface area contributed by atoms with Gasteiger partial charge in [-0.25, -0.2) is 0 Å². The number of hydrogen-bond acceptors (Lipinski definition) is 7. The monoisotopic (exact) mass is 455 g/mol. The number of aromatic hydroxyl groups is 1. The summed E-state index contributed by atoms with van der Waals surface area (Å²) in [5, 5.41) is 33.6. The maximum atomic E-state index is 10.8. The average Bonchev–Trinajstić information content (AvgIpc) is 2.77. The normalized spacial score (nSPS) is 20.1. The van der Waals surface area contributed by atoms with E-state index in [4.69, 9.17) is 0 Å². The van der Waals surface area contributed by atoms with Crippen LogP contribution in [-0.2, 0) is 6.54 Å². The Morgan fingerprint density at radius 1 is 1.03 bits per heavy atom. The Morgan fingerprint density at radius 2 is 1.73 bits per heavy atom. The Labute approximate surface area is 197 Å². The van der Waals surface area contributed by atoms with Crippen molar-refractivity contribution in [1.29, 1.82) is 0 Å². The van der Waals surface area contributed by atoms with Crippen molar-refractivity contribution >= 4 is 0 Å². The second kappa shape index (κ2) is 13.1. The van der Waals surface area contributed by atoms with Crippen LogP contribution in [0.3, 0.4) is 0 Å². The van der Waals surface area contributed by atoms with Gasteiger partial charge in [0.05, 0.1) is 13.2 Å². The summed E-state index contributed by atoms with van der Waals surface area (Å²) in [5.41, 5.74) is 4.81. The number of rotatable bonds is 12. The maximum Gasteiger partial charge on any atom is 0.120 e. The van der Waals surface area contributed by atoms with E-state index in [1.807, 2.05) is 38.7 Å². The number of aliphatic hydroxyl groups is 2. The number of nitrogens with zero attached hydrogens (tertiary/aromatic N) is 3. The molecule has 0 radical (unpaired) electrons. The number of hydrogen-bond donors (Lipinski definition) is 3. The molecule has 1 aromatic rings. The number of benzene rings is 1. The average molecular weight is 456 g/mol. The molecule has 0 heterocycles. The third-order valence-electron chi connectivity index (χ3n) is 6.19. The standard InChI is InChI=1S/C26H37N3O4/c1-19-6-5-7-23(25(31)15-21(19)3)17-29(11-10-28(12-13-30)9-8-27-33)18-24-14-20(2)22(4)16-26(24)32/h14-16,19,30-32H,7-13,17-18H2,1-4H3/b21-15-,25-23-. The topological polar surface area (TPSA) is 96.6 Å². The van der Waals surface area contributed by atoms with Gasteiger partial charge >= 0.3 is 0 Å². The molecule has 1 aliphatic rings. The Bertz CT molecular complexity index is 943. The summed E-state index contributed by atoms with van der Waals surface area (Å²) in [7, 11) is 0. The first-order valence-electron chi connectivity index (χ1n) is 11.5. The van der Waals surface area contributed by atoms with Crippen molar-refractivity contribution in [3.05, 3.63) is 56.7 Å². The SMILES string of the molecule is C/C1=C/C(O)=C(/CN(CCN(CCO)CCN=O)Cc2cc(C)c(C)cc2O)CC#CC1C. The summed E-state index contributed by atoms with van der Waals surface area (Å²) in [4.78, 5) is 14.7. The molecule has 0 aromatic heterocycles. The van der Waals surface area contributed by atoms with E-state index in [1.165, 1.54) is 0 Å². The van der Waals surface area contributed by atoms with Gasteiger partial charge in [0.2, 0.25) is 0 Å². The third-order valence-corrected chi connectivity index (χ3v) is 6.19. The fourth-order valence-corrected chi connectivity index (χ4v) is 3.75. The van der Waals surface area contributed by atoms with Crippen LogP contribution in [0.2, 0.25) is 0 Å². The van der Waals surface area contributed by atoms with Gasteiger partial charge in [0.1, 0.15) is 11.5 Å². The molecule has 0 saturated carbocycles. The van der Waals surface area contributed by atoms with Crippen LogP contribution in [0.25, 0.3) is 0 Å². The van der Waals surface area contributed by atoms with Crippen LogP contribution in [-0.4, -0.2) is 71.0 Å². The largest absolute Gasteiger partial charge is 0.508 e. The second-order valence-electron chi connectivity index (χ2n) is 8.79. The first kappa shape index (κ1) is 26.6. The Morgan fingerprint density at radius 3 is 2.42 bits per heavy atom. The van der Waals surface area contributed by atoms with Crippen LogP contribution in [0.1, 0.15) is 37.0 Å². The molecule has 1 aliphatic carbocycles. The van der Waals surface area contributed by atoms with E-state index in [0.29, 0.717) is 45.7 Å². The lowest BCUT2D eigenvalue weighted by molar-refractivity contribution is 0.171. The van der Waals surface area contributed by atoms with E-state index in [2.05, 4.69) is 21.9 Å². The van der Waals surface area contributed by atoms with Crippen molar-refractivity contribution in [2.45, 2.75) is 40.7 Å². The van der Waals surface area contributed by atoms with E-state index < -0.39 is 0 Å². The fraction of sp³-hybridized carbons (Fsp3) is 0.538. The molecule has 7 nitrogen and oxygen atoms in total. The van der Waals surface area contributed by atoms with Gasteiger partial charge < -0.3 is 15.3 Å². The van der Waals surface area contributed by atoms with Gasteiger partial charge in [0, 0.05) is 57.2 Å². The molecule has 0 aliphatic heterocycles. The lowest BCUT2D eigenvalue weighted by Gasteiger charge is -2.28. The predicted molar refractivity (Wildman–Crippen MR) is 132 cm³/mol. The van der Waals surface area contributed by atoms with Crippen molar-refractivity contribution in [3.63, 3.8) is 0 Å². The number of phenolic OH excluding ortho intramolecular Hbond substituents is 1. The highest BCUT2D eigenvalue weighted by Crippen LogP contribution is 2.25. The van der Waals surface area contributed by atoms with Crippen molar-refractivity contribution in [1.82, 2.24) is 9.80 Å². The highest BCUT2D eigenvalue weighted by molar-refractivity contribution is 5.41. The van der Waals surface area contributed by atoms with Gasteiger partial charge in [0.15, 0.2) is 0 Å². The van der Waals surface area contributed by atoms with Crippen molar-refractivity contribution in [2.75, 3.05) is 45.9 Å². The van der Waals surface area contributed by atoms with Crippen LogP contribution >= 0.6 is 0 Å². The van der Waals surface area contributed by atoms with Gasteiger partial charge in [-0.2, -0.15) is 4.91 Å². The summed E-state index contributed by atoms with van der Waals surface area (Å²) in [6.07, 6.45) is 2.28. The van der Waals surface area contributed by atoms with Gasteiger partial charge in [-0.05, 0) is 56.5 Å². The molecule has 2 rings (SSSR count). The van der Waals surface area contributed by atoms with E-state index in [9.17, 15) is 20.2 Å². The third kappa shape index (κ3) is 8.32. The van der Waals surface area contributed by atoms with Gasteiger partial charge in [-0.3, -0.25) is 9.80 Å². The number of aryl methyl sites for hydroxylation is 2. The predicted octanol–water partition coefficient (Wildman–Crippen LogP) is 3.67. The molecule has 180 valence electrons. The molecule has 0 fully saturated rings. The summed E-state index contributed by atoms with van der Waals surface area (Å²) in [6.45, 7) is 11.3. The summed E-state index contributed by atoms with van der Waals surface area (Å²) < 4.78 is 0. The van der Waals surface area contributed by atoms with Crippen LogP contribution in [0, 0.1) is 36.5 Å². The Kier molecular flexibility index (Phi) is 10.6. The van der Waals surface area contributed by atoms with Gasteiger partial charge in [0.25, 0.3) is 0 Å². The maximum absolute atomic E-state index is 10.8. The Balaban J connectivity index is 2.28. The summed E-state index contributed by atoms with van der Waals surface area (Å²) in [6, 6.07) is 3.78. The van der Waals surface area contributed by atoms with Crippen molar-refractivity contribution in [2.24, 2.45) is 11.1 Å². The molecule has 0 saturated heterocycles. The molecule has 0 bridgehead atoms. The minimum atomic E-state index is 0.000584. The van der Waals surface area contributed by atoms with Crippen LogP contribution in [0.15, 0.2) is 40.3 Å². The number of nitroso groups, excluding NO2 is 1. The van der Waals surface area contributed by atoms with Gasteiger partial charge in [-0.1, -0.05) is 28.7 Å². The van der Waals surface area contributed by atoms with Crippen molar-refractivity contribution < 1.29 is 15.3 Å². The minimum absolute atomic E-state index is 0.000584. The van der Waals surface area contributed by atoms with Gasteiger partial charge in [-0.15, -0.1) is 0 Å². The lowest BCUT2D eigenvalue weighted by atomic mass is 9.98. The number of phenols is 1. The molecular weight excluding hydrogens is 418 g/mol. The van der Waals surface area contributed by atoms with Crippen LogP contribution < -0.4 is 0 Å². The quantitative estimate of drug-likeness (QED) is 0.329.